The molecule has 0 saturated heterocycles. The third-order valence-corrected chi connectivity index (χ3v) is 0.362. The summed E-state index contributed by atoms with van der Waals surface area (Å²) in [4.78, 5) is 0. The Balaban J connectivity index is 0. The van der Waals surface area contributed by atoms with Crippen molar-refractivity contribution >= 4 is 0 Å². The fourth-order valence-electron chi connectivity index (χ4n) is 0.112. The molecule has 46 valence electrons. The van der Waals surface area contributed by atoms with Crippen molar-refractivity contribution in [3.63, 3.8) is 0 Å². The molecule has 0 spiro atoms. The van der Waals surface area contributed by atoms with E-state index in [1.54, 1.807) is 7.05 Å². The van der Waals surface area contributed by atoms with Gasteiger partial charge in [0.15, 0.2) is 0 Å². The molecule has 7 heavy (non-hydrogen) atoms. The Morgan fingerprint density at radius 3 is 2.00 bits per heavy atom. The molecule has 0 aliphatic rings. The molecule has 0 bridgehead atoms. The maximum Gasteiger partial charge on any atom is 0.0555 e. The van der Waals surface area contributed by atoms with Crippen LogP contribution in [-0.4, -0.2) is 32.4 Å². The van der Waals surface area contributed by atoms with Crippen LogP contribution in [-0.2, 0) is 0 Å². The highest BCUT2D eigenvalue weighted by molar-refractivity contribution is 4.27. The topological polar surface area (TPSA) is 58.3 Å². The second-order valence-electron chi connectivity index (χ2n) is 0.827. The molecule has 0 rings (SSSR count). The summed E-state index contributed by atoms with van der Waals surface area (Å²) in [5.74, 6) is 0. The molecule has 0 aromatic heterocycles. The van der Waals surface area contributed by atoms with Crippen LogP contribution in [0.3, 0.4) is 0 Å². The summed E-state index contributed by atoms with van der Waals surface area (Å²) in [7, 11) is 3.30. The lowest BCUT2D eigenvalue weighted by atomic mass is 10.7. The molecule has 0 atom stereocenters. The van der Waals surface area contributed by atoms with Crippen molar-refractivity contribution < 1.29 is 5.11 Å². The Kier molecular flexibility index (Phi) is 24.1. The fourth-order valence-corrected chi connectivity index (χ4v) is 0.112. The van der Waals surface area contributed by atoms with Gasteiger partial charge in [-0.05, 0) is 14.1 Å². The van der Waals surface area contributed by atoms with Gasteiger partial charge in [0.25, 0.3) is 0 Å². The van der Waals surface area contributed by atoms with E-state index < -0.39 is 0 Å². The monoisotopic (exact) mass is 106 g/mol. The SMILES string of the molecule is CN.CNCCO. The van der Waals surface area contributed by atoms with Crippen LogP contribution in [0, 0.1) is 0 Å². The van der Waals surface area contributed by atoms with Gasteiger partial charge in [0, 0.05) is 6.54 Å². The van der Waals surface area contributed by atoms with Crippen LogP contribution in [0.15, 0.2) is 0 Å². The highest BCUT2D eigenvalue weighted by Gasteiger charge is 1.65. The summed E-state index contributed by atoms with van der Waals surface area (Å²) < 4.78 is 0. The standard InChI is InChI=1S/C3H9NO.CH5N/c1-4-2-3-5;1-2/h4-5H,2-3H2,1H3;2H2,1H3. The van der Waals surface area contributed by atoms with Gasteiger partial charge in [-0.2, -0.15) is 0 Å². The summed E-state index contributed by atoms with van der Waals surface area (Å²) in [5, 5.41) is 10.8. The molecule has 0 aromatic rings. The van der Waals surface area contributed by atoms with E-state index >= 15 is 0 Å². The van der Waals surface area contributed by atoms with E-state index in [9.17, 15) is 0 Å². The first-order valence-corrected chi connectivity index (χ1v) is 2.25. The zero-order valence-corrected chi connectivity index (χ0v) is 4.94. The Morgan fingerprint density at radius 1 is 1.57 bits per heavy atom. The van der Waals surface area contributed by atoms with E-state index in [1.807, 2.05) is 0 Å². The van der Waals surface area contributed by atoms with Crippen molar-refractivity contribution in [1.29, 1.82) is 0 Å². The Hall–Kier alpha value is -0.120. The second-order valence-corrected chi connectivity index (χ2v) is 0.827. The van der Waals surface area contributed by atoms with Crippen LogP contribution in [0.2, 0.25) is 0 Å². The Labute approximate surface area is 44.5 Å². The molecule has 3 heteroatoms. The lowest BCUT2D eigenvalue weighted by molar-refractivity contribution is 0.296. The molecule has 0 saturated carbocycles. The maximum absolute atomic E-state index is 8.00. The highest BCUT2D eigenvalue weighted by atomic mass is 16.3. The minimum atomic E-state index is 0.233. The molecular weight excluding hydrogens is 92.1 g/mol. The summed E-state index contributed by atoms with van der Waals surface area (Å²) in [6.45, 7) is 0.927. The number of aliphatic hydroxyl groups is 1. The van der Waals surface area contributed by atoms with Gasteiger partial charge in [-0.25, -0.2) is 0 Å². The highest BCUT2D eigenvalue weighted by Crippen LogP contribution is 1.42. The molecule has 0 unspecified atom stereocenters. The van der Waals surface area contributed by atoms with Crippen LogP contribution < -0.4 is 11.1 Å². The third-order valence-electron chi connectivity index (χ3n) is 0.362. The molecule has 0 aliphatic heterocycles. The van der Waals surface area contributed by atoms with Crippen LogP contribution >= 0.6 is 0 Å². The van der Waals surface area contributed by atoms with Crippen molar-refractivity contribution in [3.8, 4) is 0 Å². The lowest BCUT2D eigenvalue weighted by Crippen LogP contribution is -2.10. The van der Waals surface area contributed by atoms with Crippen molar-refractivity contribution in [3.05, 3.63) is 0 Å². The van der Waals surface area contributed by atoms with Crippen molar-refractivity contribution in [1.82, 2.24) is 5.32 Å². The van der Waals surface area contributed by atoms with Crippen LogP contribution in [0.4, 0.5) is 0 Å². The fraction of sp³-hybridized carbons (Fsp3) is 1.00. The number of hydrogen-bond donors (Lipinski definition) is 3. The van der Waals surface area contributed by atoms with E-state index in [-0.39, 0.29) is 6.61 Å². The van der Waals surface area contributed by atoms with Gasteiger partial charge < -0.3 is 16.2 Å². The average Bonchev–Trinajstić information content (AvgIpc) is 1.75. The Bertz CT molecular complexity index is 17.2. The van der Waals surface area contributed by atoms with Crippen molar-refractivity contribution in [2.45, 2.75) is 0 Å². The van der Waals surface area contributed by atoms with Gasteiger partial charge in [0.05, 0.1) is 6.61 Å². The average molecular weight is 106 g/mol. The minimum Gasteiger partial charge on any atom is -0.395 e. The molecule has 0 aliphatic carbocycles. The van der Waals surface area contributed by atoms with E-state index in [2.05, 4.69) is 11.1 Å². The summed E-state index contributed by atoms with van der Waals surface area (Å²) in [6.07, 6.45) is 0. The number of nitrogens with one attached hydrogen (secondary N) is 1. The van der Waals surface area contributed by atoms with Gasteiger partial charge in [0.1, 0.15) is 0 Å². The van der Waals surface area contributed by atoms with Gasteiger partial charge in [-0.15, -0.1) is 0 Å². The number of nitrogens with two attached hydrogens (primary N) is 1. The lowest BCUT2D eigenvalue weighted by Gasteiger charge is -1.84. The molecular formula is C4H14N2O. The first kappa shape index (κ1) is 9.99. The largest absolute Gasteiger partial charge is 0.395 e. The predicted octanol–water partition coefficient (Wildman–Crippen LogP) is -1.23. The predicted molar refractivity (Wildman–Crippen MR) is 31.1 cm³/mol. The number of likely N-dealkylation sites (N-methyl/N-ethyl adjacent to an activating group) is 1. The summed E-state index contributed by atoms with van der Waals surface area (Å²) >= 11 is 0. The van der Waals surface area contributed by atoms with Gasteiger partial charge in [0.2, 0.25) is 0 Å². The Morgan fingerprint density at radius 2 is 2.00 bits per heavy atom. The zero-order valence-electron chi connectivity index (χ0n) is 4.94. The summed E-state index contributed by atoms with van der Waals surface area (Å²) in [5.41, 5.74) is 4.50. The summed E-state index contributed by atoms with van der Waals surface area (Å²) in [6, 6.07) is 0. The molecule has 0 aromatic carbocycles. The smallest absolute Gasteiger partial charge is 0.0555 e. The first-order chi connectivity index (χ1) is 3.41. The van der Waals surface area contributed by atoms with Gasteiger partial charge in [-0.1, -0.05) is 0 Å². The normalized spacial score (nSPS) is 6.86. The first-order valence-electron chi connectivity index (χ1n) is 2.25. The number of hydrogen-bond acceptors (Lipinski definition) is 3. The van der Waals surface area contributed by atoms with Gasteiger partial charge in [-0.3, -0.25) is 0 Å². The minimum absolute atomic E-state index is 0.233. The number of rotatable bonds is 2. The van der Waals surface area contributed by atoms with Gasteiger partial charge >= 0.3 is 0 Å². The molecule has 0 fully saturated rings. The van der Waals surface area contributed by atoms with Crippen molar-refractivity contribution in [2.75, 3.05) is 27.2 Å². The molecule has 0 amide bonds. The van der Waals surface area contributed by atoms with E-state index in [0.29, 0.717) is 6.54 Å². The maximum atomic E-state index is 8.00. The molecule has 4 N–H and O–H groups in total. The third kappa shape index (κ3) is 25.0. The van der Waals surface area contributed by atoms with Crippen LogP contribution in [0.25, 0.3) is 0 Å². The van der Waals surface area contributed by atoms with E-state index in [0.717, 1.165) is 0 Å². The van der Waals surface area contributed by atoms with Crippen molar-refractivity contribution in [2.24, 2.45) is 5.73 Å². The molecule has 0 radical (unpaired) electrons. The van der Waals surface area contributed by atoms with E-state index in [1.165, 1.54) is 7.05 Å². The van der Waals surface area contributed by atoms with Crippen LogP contribution in [0.1, 0.15) is 0 Å². The molecule has 0 heterocycles. The molecule has 3 nitrogen and oxygen atoms in total. The quantitative estimate of drug-likeness (QED) is 0.413. The van der Waals surface area contributed by atoms with Crippen LogP contribution in [0.5, 0.6) is 0 Å². The zero-order chi connectivity index (χ0) is 6.12. The van der Waals surface area contributed by atoms with E-state index in [4.69, 9.17) is 5.11 Å². The second kappa shape index (κ2) is 16.9. The number of aliphatic hydroxyl groups excluding tert-OH is 1.